The molecule has 342 valence electrons. The lowest BCUT2D eigenvalue weighted by molar-refractivity contribution is -0.304. The van der Waals surface area contributed by atoms with Crippen LogP contribution in [0.2, 0.25) is 0 Å². The first kappa shape index (κ1) is 45.6. The van der Waals surface area contributed by atoms with Gasteiger partial charge in [-0.2, -0.15) is 0 Å². The van der Waals surface area contributed by atoms with Gasteiger partial charge in [-0.25, -0.2) is 14.0 Å². The van der Waals surface area contributed by atoms with Crippen molar-refractivity contribution in [1.29, 1.82) is 0 Å². The Morgan fingerprint density at radius 1 is 0.443 bits per heavy atom. The molecule has 29 heteroatoms. The Morgan fingerprint density at radius 2 is 0.885 bits per heavy atom. The van der Waals surface area contributed by atoms with Crippen molar-refractivity contribution in [3.05, 3.63) is 35.7 Å². The average molecular weight is 880 g/mol. The van der Waals surface area contributed by atoms with Gasteiger partial charge in [0.25, 0.3) is 0 Å². The van der Waals surface area contributed by atoms with Gasteiger partial charge in [0.2, 0.25) is 0 Å². The minimum absolute atomic E-state index is 0.0936. The summed E-state index contributed by atoms with van der Waals surface area (Å²) in [6, 6.07) is -2.46. The van der Waals surface area contributed by atoms with Crippen LogP contribution in [0.25, 0.3) is 0 Å². The van der Waals surface area contributed by atoms with Crippen molar-refractivity contribution in [2.45, 2.75) is 136 Å². The molecule has 4 fully saturated rings. The normalized spacial score (nSPS) is 42.2. The first-order valence-electron chi connectivity index (χ1n) is 19.0. The molecule has 0 radical (unpaired) electrons. The van der Waals surface area contributed by atoms with Gasteiger partial charge in [-0.3, -0.25) is 0 Å². The largest absolute Gasteiger partial charge is 0.394 e. The fourth-order valence-electron chi connectivity index (χ4n) is 7.64. The predicted octanol–water partition coefficient (Wildman–Crippen LogP) is -9.66. The van der Waals surface area contributed by atoms with Crippen LogP contribution in [0.5, 0.6) is 0 Å². The SMILES string of the molecule is OC[C@@H]1O[C@H](n2cc([C@@H]3O[C@H](CO)[C@@H](n4cc(CO[C@@H]5O[C@H](CO)[C@H](O)[C@H](O)[C@H]5O)nn4)[C@H](O)[C@H]3O)nn2)[C@@H](O)[C@H](O)[C@H]1n1cc(CO[C@H]2O[C@H](CO)[C@@H](O)[C@@H](O)[C@@H]2O)nn1. The van der Waals surface area contributed by atoms with E-state index in [4.69, 9.17) is 28.4 Å². The molecule has 4 aliphatic heterocycles. The lowest BCUT2D eigenvalue weighted by atomic mass is 9.91. The third kappa shape index (κ3) is 8.92. The maximum Gasteiger partial charge on any atom is 0.187 e. The van der Waals surface area contributed by atoms with E-state index in [0.717, 1.165) is 14.0 Å². The van der Waals surface area contributed by atoms with Crippen molar-refractivity contribution in [2.24, 2.45) is 0 Å². The Bertz CT molecular complexity index is 1730. The van der Waals surface area contributed by atoms with Gasteiger partial charge >= 0.3 is 0 Å². The molecule has 29 nitrogen and oxygen atoms in total. The molecule has 0 unspecified atom stereocenters. The highest BCUT2D eigenvalue weighted by Gasteiger charge is 2.51. The highest BCUT2D eigenvalue weighted by molar-refractivity contribution is 5.09. The van der Waals surface area contributed by atoms with Crippen molar-refractivity contribution >= 4 is 0 Å². The Kier molecular flexibility index (Phi) is 14.3. The molecule has 3 aromatic heterocycles. The fraction of sp³-hybridized carbons (Fsp3) is 0.812. The Morgan fingerprint density at radius 3 is 1.36 bits per heavy atom. The number of aliphatic hydroxyl groups excluding tert-OH is 14. The number of nitrogens with zero attached hydrogens (tertiary/aromatic N) is 9. The molecular weight excluding hydrogens is 830 g/mol. The van der Waals surface area contributed by atoms with Crippen LogP contribution in [0.3, 0.4) is 0 Å². The summed E-state index contributed by atoms with van der Waals surface area (Å²) < 4.78 is 36.7. The molecule has 0 aromatic carbocycles. The van der Waals surface area contributed by atoms with E-state index in [1.165, 1.54) is 18.6 Å². The number of ether oxygens (including phenoxy) is 6. The molecule has 0 amide bonds. The van der Waals surface area contributed by atoms with Crippen molar-refractivity contribution in [2.75, 3.05) is 26.4 Å². The smallest absolute Gasteiger partial charge is 0.187 e. The summed E-state index contributed by atoms with van der Waals surface area (Å²) in [4.78, 5) is 0. The number of aliphatic hydroxyl groups is 14. The van der Waals surface area contributed by atoms with E-state index in [1.807, 2.05) is 0 Å². The van der Waals surface area contributed by atoms with Crippen LogP contribution in [-0.2, 0) is 41.6 Å². The second-order valence-corrected chi connectivity index (χ2v) is 15.0. The quantitative estimate of drug-likeness (QED) is 0.0715. The minimum Gasteiger partial charge on any atom is -0.394 e. The third-order valence-corrected chi connectivity index (χ3v) is 11.1. The van der Waals surface area contributed by atoms with E-state index in [9.17, 15) is 71.5 Å². The molecule has 20 atom stereocenters. The molecule has 7 heterocycles. The van der Waals surface area contributed by atoms with Crippen LogP contribution < -0.4 is 0 Å². The van der Waals surface area contributed by atoms with E-state index in [-0.39, 0.29) is 30.3 Å². The van der Waals surface area contributed by atoms with E-state index in [1.54, 1.807) is 0 Å². The van der Waals surface area contributed by atoms with Crippen molar-refractivity contribution < 1.29 is 99.9 Å². The minimum atomic E-state index is -1.75. The zero-order valence-electron chi connectivity index (χ0n) is 31.8. The summed E-state index contributed by atoms with van der Waals surface area (Å²) in [5.74, 6) is 0. The Hall–Kier alpha value is -3.38. The summed E-state index contributed by atoms with van der Waals surface area (Å²) in [5, 5.41) is 168. The summed E-state index contributed by atoms with van der Waals surface area (Å²) in [6.45, 7) is -3.47. The first-order chi connectivity index (χ1) is 29.2. The van der Waals surface area contributed by atoms with Crippen LogP contribution in [0, 0.1) is 0 Å². The second-order valence-electron chi connectivity index (χ2n) is 15.0. The van der Waals surface area contributed by atoms with Crippen LogP contribution in [0.4, 0.5) is 0 Å². The summed E-state index contributed by atoms with van der Waals surface area (Å²) >= 11 is 0. The lowest BCUT2D eigenvalue weighted by Gasteiger charge is -2.42. The maximum absolute atomic E-state index is 11.3. The average Bonchev–Trinajstić information content (AvgIpc) is 4.05. The van der Waals surface area contributed by atoms with Crippen LogP contribution >= 0.6 is 0 Å². The Balaban J connectivity index is 0.977. The third-order valence-electron chi connectivity index (χ3n) is 11.1. The van der Waals surface area contributed by atoms with Crippen LogP contribution in [0.15, 0.2) is 18.6 Å². The predicted molar refractivity (Wildman–Crippen MR) is 185 cm³/mol. The van der Waals surface area contributed by atoms with Crippen LogP contribution in [-0.4, -0.2) is 241 Å². The second kappa shape index (κ2) is 19.2. The zero-order chi connectivity index (χ0) is 43.9. The van der Waals surface area contributed by atoms with Crippen LogP contribution in [0.1, 0.15) is 41.5 Å². The standard InChI is InChI=1S/C32H49N9O20/c42-4-13-17(39-1-10(33-36-39)8-56-31-27(54)23(50)19(46)15(6-44)60-31)21(48)25(52)29(58-13)12-3-41(38-35-12)30-26(53)22(49)18(14(5-43)59-30)40-2-11(34-37-40)9-57-32-28(55)24(51)20(47)16(7-45)61-32/h1-3,13-32,42-55H,4-9H2/t13-,14+,15-,16-,17-,18+,19+,20-,21+,22-,23+,24-,25-,26+,27-,28+,29+,30+,31-,32+/m1/s1. The highest BCUT2D eigenvalue weighted by Crippen LogP contribution is 2.39. The van der Waals surface area contributed by atoms with E-state index in [0.29, 0.717) is 0 Å². The molecule has 7 rings (SSSR count). The number of hydrogen-bond acceptors (Lipinski definition) is 26. The first-order valence-corrected chi connectivity index (χ1v) is 19.0. The summed E-state index contributed by atoms with van der Waals surface area (Å²) in [5.41, 5.74) is 0.131. The fourth-order valence-corrected chi connectivity index (χ4v) is 7.64. The Labute approximate surface area is 342 Å². The molecule has 3 aromatic rings. The van der Waals surface area contributed by atoms with Gasteiger partial charge in [-0.15, -0.1) is 15.3 Å². The van der Waals surface area contributed by atoms with Crippen molar-refractivity contribution in [3.8, 4) is 0 Å². The summed E-state index contributed by atoms with van der Waals surface area (Å²) in [7, 11) is 0. The zero-order valence-corrected chi connectivity index (χ0v) is 31.8. The lowest BCUT2D eigenvalue weighted by Crippen LogP contribution is -2.59. The molecule has 0 saturated carbocycles. The highest BCUT2D eigenvalue weighted by atomic mass is 16.7. The van der Waals surface area contributed by atoms with E-state index < -0.39 is 149 Å². The molecular formula is C32H49N9O20. The van der Waals surface area contributed by atoms with Gasteiger partial charge in [0.1, 0.15) is 121 Å². The summed E-state index contributed by atoms with van der Waals surface area (Å²) in [6.07, 6.45) is -23.6. The number of hydrogen-bond donors (Lipinski definition) is 14. The molecule has 4 saturated heterocycles. The number of rotatable bonds is 14. The van der Waals surface area contributed by atoms with Gasteiger partial charge < -0.3 is 99.9 Å². The topological polar surface area (TPSA) is 431 Å². The van der Waals surface area contributed by atoms with Gasteiger partial charge in [-0.05, 0) is 0 Å². The monoisotopic (exact) mass is 879 g/mol. The van der Waals surface area contributed by atoms with Crippen molar-refractivity contribution in [3.63, 3.8) is 0 Å². The molecule has 0 spiro atoms. The van der Waals surface area contributed by atoms with E-state index >= 15 is 0 Å². The van der Waals surface area contributed by atoms with Gasteiger partial charge in [0, 0.05) is 0 Å². The number of aromatic nitrogens is 9. The van der Waals surface area contributed by atoms with Gasteiger partial charge in [0.15, 0.2) is 18.8 Å². The van der Waals surface area contributed by atoms with Gasteiger partial charge in [-0.1, -0.05) is 15.6 Å². The molecule has 4 aliphatic rings. The molecule has 14 N–H and O–H groups in total. The maximum atomic E-state index is 11.3. The molecule has 0 bridgehead atoms. The molecule has 61 heavy (non-hydrogen) atoms. The molecule has 0 aliphatic carbocycles. The van der Waals surface area contributed by atoms with Crippen molar-refractivity contribution in [1.82, 2.24) is 45.0 Å². The van der Waals surface area contributed by atoms with Gasteiger partial charge in [0.05, 0.1) is 58.2 Å². The van der Waals surface area contributed by atoms with E-state index in [2.05, 4.69) is 30.9 Å².